The number of hydrogen-bond acceptors (Lipinski definition) is 3. The maximum absolute atomic E-state index is 12.9. The first-order chi connectivity index (χ1) is 13.8. The fourth-order valence-electron chi connectivity index (χ4n) is 2.56. The first-order valence-corrected chi connectivity index (χ1v) is 8.53. The number of nitriles is 1. The number of hydrogen-bond donors (Lipinski definition) is 1. The molecule has 1 heterocycles. The van der Waals surface area contributed by atoms with Gasteiger partial charge in [0.15, 0.2) is 0 Å². The number of anilines is 1. The second-order valence-corrected chi connectivity index (χ2v) is 6.27. The number of carbonyl (C=O) groups excluding carboxylic acids is 1. The maximum atomic E-state index is 12.9. The van der Waals surface area contributed by atoms with Gasteiger partial charge in [-0.15, -0.1) is 0 Å². The predicted octanol–water partition coefficient (Wildman–Crippen LogP) is 5.82. The summed E-state index contributed by atoms with van der Waals surface area (Å²) in [5, 5.41) is 11.9. The third-order valence-corrected chi connectivity index (χ3v) is 4.06. The van der Waals surface area contributed by atoms with E-state index >= 15 is 0 Å². The fraction of sp³-hybridized carbons (Fsp3) is 0.0909. The zero-order valence-corrected chi connectivity index (χ0v) is 15.2. The third-order valence-electron chi connectivity index (χ3n) is 4.06. The number of carbonyl (C=O) groups is 1. The molecule has 2 aromatic carbocycles. The van der Waals surface area contributed by atoms with Gasteiger partial charge in [-0.05, 0) is 43.3 Å². The van der Waals surface area contributed by atoms with E-state index in [1.165, 1.54) is 30.3 Å². The minimum atomic E-state index is -4.46. The van der Waals surface area contributed by atoms with Crippen LogP contribution >= 0.6 is 0 Å². The normalized spacial score (nSPS) is 11.8. The van der Waals surface area contributed by atoms with E-state index in [2.05, 4.69) is 5.32 Å². The van der Waals surface area contributed by atoms with Gasteiger partial charge < -0.3 is 9.73 Å². The molecule has 4 nitrogen and oxygen atoms in total. The molecule has 0 fully saturated rings. The maximum Gasteiger partial charge on any atom is 0.416 e. The Morgan fingerprint density at radius 1 is 1.10 bits per heavy atom. The molecule has 7 heteroatoms. The largest absolute Gasteiger partial charge is 0.457 e. The van der Waals surface area contributed by atoms with Crippen LogP contribution in [0.3, 0.4) is 0 Å². The van der Waals surface area contributed by atoms with Gasteiger partial charge in [-0.3, -0.25) is 4.79 Å². The van der Waals surface area contributed by atoms with Gasteiger partial charge in [0.05, 0.1) is 5.56 Å². The lowest BCUT2D eigenvalue weighted by Crippen LogP contribution is -2.13. The number of halogens is 3. The Bertz CT molecular complexity index is 1100. The van der Waals surface area contributed by atoms with E-state index < -0.39 is 17.6 Å². The van der Waals surface area contributed by atoms with Crippen LogP contribution in [0.25, 0.3) is 17.4 Å². The number of nitrogens with one attached hydrogen (secondary N) is 1. The van der Waals surface area contributed by atoms with Crippen LogP contribution in [0.4, 0.5) is 18.9 Å². The smallest absolute Gasteiger partial charge is 0.416 e. The van der Waals surface area contributed by atoms with Gasteiger partial charge >= 0.3 is 6.18 Å². The van der Waals surface area contributed by atoms with E-state index in [9.17, 15) is 23.2 Å². The molecule has 146 valence electrons. The van der Waals surface area contributed by atoms with Crippen LogP contribution in [0.5, 0.6) is 0 Å². The molecule has 0 spiro atoms. The number of alkyl halides is 3. The lowest BCUT2D eigenvalue weighted by molar-refractivity contribution is -0.137. The van der Waals surface area contributed by atoms with Crippen molar-refractivity contribution in [3.63, 3.8) is 0 Å². The summed E-state index contributed by atoms with van der Waals surface area (Å²) in [6, 6.07) is 16.5. The molecule has 1 aromatic heterocycles. The van der Waals surface area contributed by atoms with E-state index in [-0.39, 0.29) is 22.7 Å². The van der Waals surface area contributed by atoms with Crippen LogP contribution < -0.4 is 5.32 Å². The van der Waals surface area contributed by atoms with Crippen LogP contribution in [0.1, 0.15) is 16.9 Å². The predicted molar refractivity (Wildman–Crippen MR) is 103 cm³/mol. The monoisotopic (exact) mass is 396 g/mol. The molecule has 3 aromatic rings. The van der Waals surface area contributed by atoms with Crippen molar-refractivity contribution < 1.29 is 22.4 Å². The highest BCUT2D eigenvalue weighted by Gasteiger charge is 2.30. The molecule has 0 atom stereocenters. The molecule has 29 heavy (non-hydrogen) atoms. The fourth-order valence-corrected chi connectivity index (χ4v) is 2.56. The van der Waals surface area contributed by atoms with Crippen molar-refractivity contribution in [3.8, 4) is 17.4 Å². The van der Waals surface area contributed by atoms with Gasteiger partial charge in [-0.25, -0.2) is 0 Å². The number of furan rings is 1. The van der Waals surface area contributed by atoms with Crippen LogP contribution in [0, 0.1) is 18.3 Å². The summed E-state index contributed by atoms with van der Waals surface area (Å²) < 4.78 is 44.1. The van der Waals surface area contributed by atoms with Gasteiger partial charge in [-0.1, -0.05) is 29.8 Å². The van der Waals surface area contributed by atoms with E-state index in [0.717, 1.165) is 17.7 Å². The molecule has 0 saturated heterocycles. The SMILES string of the molecule is Cc1ccc(NC(=O)/C(C#N)=C/c2ccc(-c3cccc(C(F)(F)F)c3)o2)cc1. The minimum Gasteiger partial charge on any atom is -0.457 e. The van der Waals surface area contributed by atoms with Crippen LogP contribution in [-0.4, -0.2) is 5.91 Å². The molecule has 0 aliphatic carbocycles. The summed E-state index contributed by atoms with van der Waals surface area (Å²) in [5.74, 6) is -0.250. The first kappa shape index (κ1) is 20.0. The van der Waals surface area contributed by atoms with E-state index in [1.807, 2.05) is 19.1 Å². The second-order valence-electron chi connectivity index (χ2n) is 6.27. The summed E-state index contributed by atoms with van der Waals surface area (Å²) in [6.45, 7) is 1.91. The highest BCUT2D eigenvalue weighted by molar-refractivity contribution is 6.09. The average Bonchev–Trinajstić information content (AvgIpc) is 3.16. The van der Waals surface area contributed by atoms with Gasteiger partial charge in [0.1, 0.15) is 23.2 Å². The van der Waals surface area contributed by atoms with Crippen molar-refractivity contribution in [1.82, 2.24) is 0 Å². The number of nitrogens with zero attached hydrogens (tertiary/aromatic N) is 1. The quantitative estimate of drug-likeness (QED) is 0.446. The average molecular weight is 396 g/mol. The van der Waals surface area contributed by atoms with Crippen molar-refractivity contribution in [2.24, 2.45) is 0 Å². The molecular formula is C22H15F3N2O2. The first-order valence-electron chi connectivity index (χ1n) is 8.53. The van der Waals surface area contributed by atoms with Crippen molar-refractivity contribution >= 4 is 17.7 Å². The van der Waals surface area contributed by atoms with Gasteiger partial charge in [-0.2, -0.15) is 18.4 Å². The molecule has 1 N–H and O–H groups in total. The molecule has 3 rings (SSSR count). The summed E-state index contributed by atoms with van der Waals surface area (Å²) >= 11 is 0. The number of benzene rings is 2. The van der Waals surface area contributed by atoms with Crippen LogP contribution in [-0.2, 0) is 11.0 Å². The van der Waals surface area contributed by atoms with Gasteiger partial charge in [0.25, 0.3) is 5.91 Å². The topological polar surface area (TPSA) is 66.0 Å². The third kappa shape index (κ3) is 4.93. The summed E-state index contributed by atoms with van der Waals surface area (Å²) in [5.41, 5.74) is 0.805. The molecule has 0 bridgehead atoms. The Morgan fingerprint density at radius 3 is 2.48 bits per heavy atom. The van der Waals surface area contributed by atoms with E-state index in [0.29, 0.717) is 5.69 Å². The summed E-state index contributed by atoms with van der Waals surface area (Å²) in [4.78, 5) is 12.3. The molecular weight excluding hydrogens is 381 g/mol. The highest BCUT2D eigenvalue weighted by Crippen LogP contribution is 2.32. The summed E-state index contributed by atoms with van der Waals surface area (Å²) in [7, 11) is 0. The lowest BCUT2D eigenvalue weighted by Gasteiger charge is -2.07. The minimum absolute atomic E-state index is 0.174. The molecule has 0 radical (unpaired) electrons. The molecule has 0 aliphatic heterocycles. The van der Waals surface area contributed by atoms with Gasteiger partial charge in [0.2, 0.25) is 0 Å². The standard InChI is InChI=1S/C22H15F3N2O2/c1-14-5-7-18(8-6-14)27-21(28)16(13-26)12-19-9-10-20(29-19)15-3-2-4-17(11-15)22(23,24)25/h2-12H,1H3,(H,27,28)/b16-12+. The van der Waals surface area contributed by atoms with Crippen molar-refractivity contribution in [3.05, 3.63) is 83.1 Å². The van der Waals surface area contributed by atoms with Crippen molar-refractivity contribution in [1.29, 1.82) is 5.26 Å². The zero-order valence-electron chi connectivity index (χ0n) is 15.2. The van der Waals surface area contributed by atoms with Crippen LogP contribution in [0.2, 0.25) is 0 Å². The van der Waals surface area contributed by atoms with Crippen molar-refractivity contribution in [2.75, 3.05) is 5.32 Å². The van der Waals surface area contributed by atoms with Gasteiger partial charge in [0, 0.05) is 17.3 Å². The molecule has 0 aliphatic rings. The van der Waals surface area contributed by atoms with E-state index in [4.69, 9.17) is 4.42 Å². The highest BCUT2D eigenvalue weighted by atomic mass is 19.4. The number of aryl methyl sites for hydroxylation is 1. The molecule has 1 amide bonds. The number of amides is 1. The second kappa shape index (κ2) is 8.07. The van der Waals surface area contributed by atoms with E-state index in [1.54, 1.807) is 18.2 Å². The van der Waals surface area contributed by atoms with Crippen LogP contribution in [0.15, 0.2) is 70.7 Å². The Balaban J connectivity index is 1.81. The Morgan fingerprint density at radius 2 is 1.83 bits per heavy atom. The Hall–Kier alpha value is -3.79. The lowest BCUT2D eigenvalue weighted by atomic mass is 10.1. The molecule has 0 saturated carbocycles. The zero-order chi connectivity index (χ0) is 21.0. The molecule has 0 unspecified atom stereocenters. The Labute approximate surface area is 164 Å². The van der Waals surface area contributed by atoms with Crippen molar-refractivity contribution in [2.45, 2.75) is 13.1 Å². The summed E-state index contributed by atoms with van der Waals surface area (Å²) in [6.07, 6.45) is -3.23. The Kier molecular flexibility index (Phi) is 5.55. The number of rotatable bonds is 4.